The Labute approximate surface area is 666 Å². The van der Waals surface area contributed by atoms with E-state index in [0.717, 1.165) is 20.8 Å². The molecule has 31 N–H and O–H groups in total. The van der Waals surface area contributed by atoms with Crippen LogP contribution in [0.3, 0.4) is 0 Å². The second-order valence-corrected chi connectivity index (χ2v) is 29.6. The Balaban J connectivity index is 1.00. The molecule has 0 aromatic heterocycles. The van der Waals surface area contributed by atoms with Gasteiger partial charge in [0.15, 0.2) is 50.3 Å². The average molecular weight is 1730 g/mol. The van der Waals surface area contributed by atoms with Crippen molar-refractivity contribution >= 4 is 29.6 Å². The zero-order valence-electron chi connectivity index (χ0n) is 63.1. The van der Waals surface area contributed by atoms with Crippen molar-refractivity contribution in [2.75, 3.05) is 59.5 Å². The lowest BCUT2D eigenvalue weighted by Crippen LogP contribution is -2.71. The van der Waals surface area contributed by atoms with E-state index in [9.17, 15) is 162 Å². The van der Waals surface area contributed by atoms with Gasteiger partial charge in [0.25, 0.3) is 5.79 Å². The molecule has 53 heteroatoms. The number of aliphatic hydroxyl groups is 26. The number of aliphatic carboxylic acids is 1. The van der Waals surface area contributed by atoms with Gasteiger partial charge in [0, 0.05) is 27.2 Å². The molecule has 118 heavy (non-hydrogen) atoms. The summed E-state index contributed by atoms with van der Waals surface area (Å²) in [7, 11) is 0. The molecule has 9 saturated heterocycles. The lowest BCUT2D eigenvalue weighted by Gasteiger charge is -2.51. The molecular formula is C65H108N4O49. The molecule has 0 bridgehead atoms. The van der Waals surface area contributed by atoms with Crippen LogP contribution in [0.15, 0.2) is 0 Å². The lowest BCUT2D eigenvalue weighted by molar-refractivity contribution is -0.400. The molecule has 682 valence electrons. The molecule has 53 nitrogen and oxygen atoms in total. The van der Waals surface area contributed by atoms with Crippen LogP contribution in [-0.4, -0.2) is 509 Å². The maximum atomic E-state index is 13.3. The maximum absolute atomic E-state index is 13.3. The van der Waals surface area contributed by atoms with Crippen molar-refractivity contribution in [1.82, 2.24) is 21.3 Å². The minimum atomic E-state index is -3.36. The second kappa shape index (κ2) is 42.1. The summed E-state index contributed by atoms with van der Waals surface area (Å²) in [5.41, 5.74) is 0. The third-order valence-electron chi connectivity index (χ3n) is 21.4. The van der Waals surface area contributed by atoms with E-state index in [1.54, 1.807) is 0 Å². The van der Waals surface area contributed by atoms with Crippen LogP contribution in [0.25, 0.3) is 0 Å². The highest BCUT2D eigenvalue weighted by molar-refractivity contribution is 5.78. The fraction of sp³-hybridized carbons (Fsp3) is 0.923. The molecule has 9 aliphatic rings. The van der Waals surface area contributed by atoms with E-state index in [1.165, 1.54) is 6.92 Å². The lowest BCUT2D eigenvalue weighted by atomic mass is 9.88. The summed E-state index contributed by atoms with van der Waals surface area (Å²) in [5, 5.41) is 308. The van der Waals surface area contributed by atoms with Gasteiger partial charge >= 0.3 is 5.97 Å². The highest BCUT2D eigenvalue weighted by Crippen LogP contribution is 2.42. The predicted molar refractivity (Wildman–Crippen MR) is 361 cm³/mol. The molecule has 0 aromatic carbocycles. The number of nitrogens with one attached hydrogen (secondary N) is 4. The van der Waals surface area contributed by atoms with Gasteiger partial charge in [-0.1, -0.05) is 0 Å². The van der Waals surface area contributed by atoms with E-state index < -0.39 is 377 Å². The van der Waals surface area contributed by atoms with Crippen molar-refractivity contribution in [2.24, 2.45) is 0 Å². The monoisotopic (exact) mass is 1730 g/mol. The van der Waals surface area contributed by atoms with Crippen LogP contribution < -0.4 is 21.3 Å². The first-order valence-electron chi connectivity index (χ1n) is 37.3. The molecule has 0 aliphatic carbocycles. The highest BCUT2D eigenvalue weighted by Gasteiger charge is 2.63. The summed E-state index contributed by atoms with van der Waals surface area (Å²) >= 11 is 0. The molecule has 0 unspecified atom stereocenters. The molecule has 0 spiro atoms. The Hall–Kier alpha value is -4.37. The first kappa shape index (κ1) is 97.4. The fourth-order valence-corrected chi connectivity index (χ4v) is 15.0. The Morgan fingerprint density at radius 2 is 0.780 bits per heavy atom. The number of carboxylic acids is 1. The number of hydrogen-bond acceptors (Lipinski definition) is 48. The Kier molecular flexibility index (Phi) is 34.7. The molecule has 4 amide bonds. The fourth-order valence-electron chi connectivity index (χ4n) is 15.0. The second-order valence-electron chi connectivity index (χ2n) is 29.6. The molecule has 0 saturated carbocycles. The molecule has 0 radical (unpaired) electrons. The third-order valence-corrected chi connectivity index (χ3v) is 21.4. The number of carbonyl (C=O) groups is 5. The van der Waals surface area contributed by atoms with Crippen molar-refractivity contribution in [3.8, 4) is 0 Å². The van der Waals surface area contributed by atoms with Crippen LogP contribution in [0, 0.1) is 0 Å². The number of aliphatic hydroxyl groups excluding tert-OH is 26. The number of hydrogen-bond donors (Lipinski definition) is 31. The average Bonchev–Trinajstić information content (AvgIpc) is 0.751. The summed E-state index contributed by atoms with van der Waals surface area (Å²) in [6.07, 6.45) is -88.8. The van der Waals surface area contributed by atoms with Crippen LogP contribution >= 0.6 is 0 Å². The van der Waals surface area contributed by atoms with Crippen LogP contribution in [0.5, 0.6) is 0 Å². The van der Waals surface area contributed by atoms with Crippen LogP contribution in [0.2, 0.25) is 0 Å². The van der Waals surface area contributed by atoms with Gasteiger partial charge in [-0.05, 0) is 6.92 Å². The summed E-state index contributed by atoms with van der Waals surface area (Å²) in [4.78, 5) is 64.2. The maximum Gasteiger partial charge on any atom is 0.364 e. The largest absolute Gasteiger partial charge is 0.477 e. The number of amides is 4. The Bertz CT molecular complexity index is 3210. The normalized spacial score (nSPS) is 47.6. The van der Waals surface area contributed by atoms with Gasteiger partial charge in [-0.15, -0.1) is 0 Å². The van der Waals surface area contributed by atoms with Gasteiger partial charge in [-0.25, -0.2) is 4.79 Å². The number of ether oxygens (including phenoxy) is 17. The summed E-state index contributed by atoms with van der Waals surface area (Å²) < 4.78 is 99.8. The van der Waals surface area contributed by atoms with E-state index in [-0.39, 0.29) is 0 Å². The van der Waals surface area contributed by atoms with E-state index in [0.29, 0.717) is 0 Å². The zero-order valence-corrected chi connectivity index (χ0v) is 63.1. The van der Waals surface area contributed by atoms with Crippen molar-refractivity contribution in [2.45, 2.75) is 316 Å². The van der Waals surface area contributed by atoms with Crippen molar-refractivity contribution in [3.63, 3.8) is 0 Å². The first-order chi connectivity index (χ1) is 55.6. The van der Waals surface area contributed by atoms with Crippen molar-refractivity contribution < 1.29 is 242 Å². The summed E-state index contributed by atoms with van der Waals surface area (Å²) in [6.45, 7) is -6.27. The first-order valence-corrected chi connectivity index (χ1v) is 37.3. The van der Waals surface area contributed by atoms with Crippen molar-refractivity contribution in [3.05, 3.63) is 0 Å². The molecule has 9 rings (SSSR count). The zero-order chi connectivity index (χ0) is 87.3. The van der Waals surface area contributed by atoms with Gasteiger partial charge < -0.3 is 240 Å². The molecule has 46 atom stereocenters. The molecule has 9 heterocycles. The van der Waals surface area contributed by atoms with Gasteiger partial charge in [0.1, 0.15) is 214 Å². The Morgan fingerprint density at radius 3 is 1.28 bits per heavy atom. The SMILES string of the molecule is CC(=O)N[C@@H]1[C@@H](O)[C@H](O[C@@H]2O[C@H](CO)[C@@H](O[C@@H]3O[C@H](CO[C@H]4O[C@H](CO)[C@@H](O)[C@H](O)[C@@H]4O)[C@@H](O)[C@H](O[C@H]4O[C@H](CO)[C@@H](O)[C@H](O)[C@@H]4O[C@@H]4O[C@H](CO)[C@@H](O[C@@H]5O[C@H](CO)[C@H](O)[C@H](O[C@]6(C(=O)O)C[C@H](O)[C@@H](NC(=O)CO)[C@H]([C@H](O)[C@H](O)CO)O6)[C@H]5O)[C@H](O)[C@H]4NC(C)=O)[C@@H]3O)[C@H](O)[C@H]2NC(C)=O)[C@@H](CO[C@@H]2O[C@H](C)[C@H](O)[C@H](O)[C@H]2O)O[C@@H]1O. The molecular weight excluding hydrogens is 1620 g/mol. The van der Waals surface area contributed by atoms with Gasteiger partial charge in [-0.2, -0.15) is 0 Å². The third kappa shape index (κ3) is 21.4. The van der Waals surface area contributed by atoms with Crippen LogP contribution in [0.1, 0.15) is 34.1 Å². The summed E-state index contributed by atoms with van der Waals surface area (Å²) in [5.74, 6) is -9.64. The van der Waals surface area contributed by atoms with Crippen LogP contribution in [0.4, 0.5) is 0 Å². The van der Waals surface area contributed by atoms with E-state index >= 15 is 0 Å². The van der Waals surface area contributed by atoms with E-state index in [1.807, 2.05) is 0 Å². The molecule has 0 aromatic rings. The van der Waals surface area contributed by atoms with E-state index in [4.69, 9.17) is 80.5 Å². The quantitative estimate of drug-likeness (QED) is 0.0297. The predicted octanol–water partition coefficient (Wildman–Crippen LogP) is -20.8. The minimum Gasteiger partial charge on any atom is -0.477 e. The van der Waals surface area contributed by atoms with Gasteiger partial charge in [0.2, 0.25) is 23.6 Å². The Morgan fingerprint density at radius 1 is 0.381 bits per heavy atom. The van der Waals surface area contributed by atoms with E-state index in [2.05, 4.69) is 21.3 Å². The topological polar surface area (TPSA) is 837 Å². The van der Waals surface area contributed by atoms with Gasteiger partial charge in [0.05, 0.1) is 71.1 Å². The molecule has 9 aliphatic heterocycles. The standard InChI is InChI=1S/C65H108N4O49/c1-15-33(83)42(92)45(95)59(104-15)103-14-27-51(39(89)30(56(99)105-27)66-16(2)77)112-57-31(67-17(3)78)40(90)49(24(10-74)109-57)113-61-47(97)53(38(88)26(111-61)13-102-60-46(96)43(93)35(85)21(7-71)106-60)115-63-55(44(94)36(86)22(8-72)108-63)116-58-32(68-18(4)79)41(91)50(25(11-75)110-58)114-62-48(98)54(37(87)23(9-73)107-62)118-65(64(100)101)5-19(80)29(69-28(82)12-76)52(117-65)34(84)20(81)6-70/h15,19-27,29-63,70-76,80-81,83-99H,5-14H2,1-4H3,(H,66,77)(H,67,78)(H,68,79)(H,69,82)(H,100,101)/t15-,19+,20-,21-,22-,23-,24-,25-,26-,27-,29-,30-,31-,32-,33+,34-,35-,36-,37+,38-,39-,40-,41-,42+,43+,44+,45-,46+,47+,48-,49-,50-,51-,52-,53+,54+,55+,56+,57+,58+,59-,60+,61+,62+,63-,65+/m1/s1. The number of rotatable bonds is 32. The molecule has 9 fully saturated rings. The summed E-state index contributed by atoms with van der Waals surface area (Å²) in [6, 6.07) is -7.72. The van der Waals surface area contributed by atoms with Crippen LogP contribution in [-0.2, 0) is 104 Å². The number of carbonyl (C=O) groups excluding carboxylic acids is 4. The smallest absolute Gasteiger partial charge is 0.364 e. The van der Waals surface area contributed by atoms with Crippen molar-refractivity contribution in [1.29, 1.82) is 0 Å². The van der Waals surface area contributed by atoms with Gasteiger partial charge in [-0.3, -0.25) is 19.2 Å². The number of carboxylic acid groups (broad SMARTS) is 1. The highest BCUT2D eigenvalue weighted by atomic mass is 16.8. The minimum absolute atomic E-state index is 0.832.